The van der Waals surface area contributed by atoms with Gasteiger partial charge in [0.1, 0.15) is 0 Å². The van der Waals surface area contributed by atoms with E-state index < -0.39 is 0 Å². The average Bonchev–Trinajstić information content (AvgIpc) is 2.73. The quantitative estimate of drug-likeness (QED) is 0.531. The topological polar surface area (TPSA) is 18.5 Å². The van der Waals surface area contributed by atoms with Gasteiger partial charge in [0.25, 0.3) is 0 Å². The lowest BCUT2D eigenvalue weighted by molar-refractivity contribution is -0.182. The number of hydrogen-bond acceptors (Lipinski definition) is 2. The van der Waals surface area contributed by atoms with Crippen molar-refractivity contribution in [3.8, 4) is 0 Å². The van der Waals surface area contributed by atoms with Gasteiger partial charge in [0, 0.05) is 12.3 Å². The predicted molar refractivity (Wildman–Crippen MR) is 49.2 cm³/mol. The number of ether oxygens (including phenoxy) is 2. The molecule has 1 saturated heterocycles. The number of fused-ring (bicyclic) bond motifs is 2. The lowest BCUT2D eigenvalue weighted by Crippen LogP contribution is -2.35. The maximum absolute atomic E-state index is 5.81. The summed E-state index contributed by atoms with van der Waals surface area (Å²) in [5.74, 6) is 1.17. The summed E-state index contributed by atoms with van der Waals surface area (Å²) in [6.07, 6.45) is 5.96. The van der Waals surface area contributed by atoms with Crippen LogP contribution >= 0.6 is 0 Å². The van der Waals surface area contributed by atoms with Crippen molar-refractivity contribution in [2.75, 3.05) is 13.2 Å². The maximum Gasteiger partial charge on any atom is 0.172 e. The molecular formula is C11H16O2. The summed E-state index contributed by atoms with van der Waals surface area (Å²) < 4.78 is 11.6. The lowest BCUT2D eigenvalue weighted by Gasteiger charge is -2.28. The van der Waals surface area contributed by atoms with Crippen LogP contribution < -0.4 is 0 Å². The molecule has 13 heavy (non-hydrogen) atoms. The van der Waals surface area contributed by atoms with Gasteiger partial charge in [0.2, 0.25) is 0 Å². The van der Waals surface area contributed by atoms with Crippen molar-refractivity contribution >= 4 is 0 Å². The highest BCUT2D eigenvalue weighted by molar-refractivity contribution is 5.17. The number of rotatable bonds is 0. The predicted octanol–water partition coefficient (Wildman–Crippen LogP) is 2.11. The Balaban J connectivity index is 1.87. The fourth-order valence-electron chi connectivity index (χ4n) is 3.20. The Morgan fingerprint density at radius 2 is 2.15 bits per heavy atom. The Morgan fingerprint density at radius 3 is 2.92 bits per heavy atom. The summed E-state index contributed by atoms with van der Waals surface area (Å²) in [7, 11) is 0. The van der Waals surface area contributed by atoms with Crippen LogP contribution in [0.4, 0.5) is 0 Å². The van der Waals surface area contributed by atoms with Crippen molar-refractivity contribution in [2.24, 2.45) is 11.8 Å². The fraction of sp³-hybridized carbons (Fsp3) is 0.818. The second-order valence-electron chi connectivity index (χ2n) is 4.53. The molecule has 1 heterocycles. The minimum atomic E-state index is -0.182. The van der Waals surface area contributed by atoms with Crippen LogP contribution in [0.2, 0.25) is 0 Å². The van der Waals surface area contributed by atoms with Crippen molar-refractivity contribution in [3.63, 3.8) is 0 Å². The molecule has 0 amide bonds. The highest BCUT2D eigenvalue weighted by Gasteiger charge is 2.53. The van der Waals surface area contributed by atoms with Crippen LogP contribution in [0, 0.1) is 11.8 Å². The van der Waals surface area contributed by atoms with Crippen LogP contribution in [0.15, 0.2) is 11.6 Å². The molecule has 2 heteroatoms. The molecule has 2 fully saturated rings. The summed E-state index contributed by atoms with van der Waals surface area (Å²) in [5.41, 5.74) is 1.52. The standard InChI is InChI=1S/C11H16O2/c1-8-6-9-2-3-11(10(9)7-8)12-4-5-13-11/h6,9-10H,2-5,7H2,1H3/t9-,10+/m0/s1. The molecule has 0 bridgehead atoms. The molecule has 0 aromatic heterocycles. The molecule has 1 spiro atoms. The van der Waals surface area contributed by atoms with Crippen LogP contribution in [0.25, 0.3) is 0 Å². The van der Waals surface area contributed by atoms with Gasteiger partial charge in [-0.1, -0.05) is 11.6 Å². The van der Waals surface area contributed by atoms with Gasteiger partial charge in [-0.3, -0.25) is 0 Å². The van der Waals surface area contributed by atoms with E-state index in [1.165, 1.54) is 18.4 Å². The zero-order chi connectivity index (χ0) is 8.89. The molecular weight excluding hydrogens is 164 g/mol. The summed E-state index contributed by atoms with van der Waals surface area (Å²) >= 11 is 0. The van der Waals surface area contributed by atoms with E-state index in [1.54, 1.807) is 0 Å². The second-order valence-corrected chi connectivity index (χ2v) is 4.53. The number of hydrogen-bond donors (Lipinski definition) is 0. The zero-order valence-corrected chi connectivity index (χ0v) is 8.08. The Labute approximate surface area is 78.9 Å². The molecule has 0 unspecified atom stereocenters. The third-order valence-corrected chi connectivity index (χ3v) is 3.72. The van der Waals surface area contributed by atoms with Crippen LogP contribution in [-0.4, -0.2) is 19.0 Å². The Kier molecular flexibility index (Phi) is 1.59. The minimum Gasteiger partial charge on any atom is -0.347 e. The van der Waals surface area contributed by atoms with E-state index in [0.29, 0.717) is 5.92 Å². The summed E-state index contributed by atoms with van der Waals surface area (Å²) in [6.45, 7) is 3.81. The van der Waals surface area contributed by atoms with Crippen LogP contribution in [0.5, 0.6) is 0 Å². The maximum atomic E-state index is 5.81. The van der Waals surface area contributed by atoms with Crippen molar-refractivity contribution < 1.29 is 9.47 Å². The average molecular weight is 180 g/mol. The molecule has 0 aromatic rings. The first kappa shape index (κ1) is 8.01. The fourth-order valence-corrected chi connectivity index (χ4v) is 3.20. The monoisotopic (exact) mass is 180 g/mol. The molecule has 0 radical (unpaired) electrons. The summed E-state index contributed by atoms with van der Waals surface area (Å²) in [4.78, 5) is 0. The van der Waals surface area contributed by atoms with Gasteiger partial charge in [-0.25, -0.2) is 0 Å². The van der Waals surface area contributed by atoms with Crippen molar-refractivity contribution in [3.05, 3.63) is 11.6 Å². The normalized spacial score (nSPS) is 41.2. The van der Waals surface area contributed by atoms with Gasteiger partial charge in [-0.15, -0.1) is 0 Å². The van der Waals surface area contributed by atoms with Crippen molar-refractivity contribution in [1.82, 2.24) is 0 Å². The van der Waals surface area contributed by atoms with E-state index in [4.69, 9.17) is 9.47 Å². The van der Waals surface area contributed by atoms with E-state index in [1.807, 2.05) is 0 Å². The minimum absolute atomic E-state index is 0.182. The van der Waals surface area contributed by atoms with Gasteiger partial charge in [0.05, 0.1) is 13.2 Å². The molecule has 72 valence electrons. The largest absolute Gasteiger partial charge is 0.347 e. The molecule has 2 nitrogen and oxygen atoms in total. The Bertz CT molecular complexity index is 251. The molecule has 3 rings (SSSR count). The van der Waals surface area contributed by atoms with Crippen LogP contribution in [0.1, 0.15) is 26.2 Å². The highest BCUT2D eigenvalue weighted by Crippen LogP contribution is 2.52. The first-order valence-corrected chi connectivity index (χ1v) is 5.25. The third kappa shape index (κ3) is 1.02. The van der Waals surface area contributed by atoms with Gasteiger partial charge in [0.15, 0.2) is 5.79 Å². The number of allylic oxidation sites excluding steroid dienone is 2. The zero-order valence-electron chi connectivity index (χ0n) is 8.08. The molecule has 1 aliphatic heterocycles. The summed E-state index contributed by atoms with van der Waals surface area (Å²) in [5, 5.41) is 0. The van der Waals surface area contributed by atoms with E-state index in [-0.39, 0.29) is 5.79 Å². The van der Waals surface area contributed by atoms with Gasteiger partial charge < -0.3 is 9.47 Å². The smallest absolute Gasteiger partial charge is 0.172 e. The third-order valence-electron chi connectivity index (χ3n) is 3.72. The molecule has 0 N–H and O–H groups in total. The van der Waals surface area contributed by atoms with E-state index in [9.17, 15) is 0 Å². The first-order valence-electron chi connectivity index (χ1n) is 5.25. The molecule has 2 atom stereocenters. The first-order chi connectivity index (χ1) is 6.30. The van der Waals surface area contributed by atoms with E-state index in [0.717, 1.165) is 25.6 Å². The lowest BCUT2D eigenvalue weighted by atomic mass is 9.95. The molecule has 3 aliphatic rings. The Morgan fingerprint density at radius 1 is 1.38 bits per heavy atom. The van der Waals surface area contributed by atoms with Crippen LogP contribution in [-0.2, 0) is 9.47 Å². The summed E-state index contributed by atoms with van der Waals surface area (Å²) in [6, 6.07) is 0. The van der Waals surface area contributed by atoms with Crippen molar-refractivity contribution in [2.45, 2.75) is 32.0 Å². The Hall–Kier alpha value is -0.340. The molecule has 1 saturated carbocycles. The highest BCUT2D eigenvalue weighted by atomic mass is 16.7. The van der Waals surface area contributed by atoms with E-state index in [2.05, 4.69) is 13.0 Å². The molecule has 0 aromatic carbocycles. The van der Waals surface area contributed by atoms with Gasteiger partial charge >= 0.3 is 0 Å². The second kappa shape index (κ2) is 2.58. The van der Waals surface area contributed by atoms with Crippen molar-refractivity contribution in [1.29, 1.82) is 0 Å². The SMILES string of the molecule is CC1=C[C@@H]2CCC3(OCCO3)[C@@H]2C1. The van der Waals surface area contributed by atoms with Crippen LogP contribution in [0.3, 0.4) is 0 Å². The van der Waals surface area contributed by atoms with Gasteiger partial charge in [-0.05, 0) is 25.7 Å². The molecule has 2 aliphatic carbocycles. The van der Waals surface area contributed by atoms with Gasteiger partial charge in [-0.2, -0.15) is 0 Å². The van der Waals surface area contributed by atoms with E-state index >= 15 is 0 Å².